The van der Waals surface area contributed by atoms with Crippen LogP contribution in [0.2, 0.25) is 5.02 Å². The summed E-state index contributed by atoms with van der Waals surface area (Å²) in [6, 6.07) is 12.5. The van der Waals surface area contributed by atoms with E-state index >= 15 is 0 Å². The van der Waals surface area contributed by atoms with Crippen LogP contribution in [0.1, 0.15) is 16.8 Å². The van der Waals surface area contributed by atoms with Gasteiger partial charge in [0.25, 0.3) is 0 Å². The second kappa shape index (κ2) is 6.94. The Labute approximate surface area is 149 Å². The third kappa shape index (κ3) is 3.80. The lowest BCUT2D eigenvalue weighted by Crippen LogP contribution is -2.28. The van der Waals surface area contributed by atoms with Crippen molar-refractivity contribution in [2.45, 2.75) is 6.42 Å². The van der Waals surface area contributed by atoms with E-state index in [1.54, 1.807) is 29.2 Å². The van der Waals surface area contributed by atoms with Gasteiger partial charge in [0.2, 0.25) is 11.8 Å². The van der Waals surface area contributed by atoms with Gasteiger partial charge in [0, 0.05) is 29.4 Å². The van der Waals surface area contributed by atoms with Gasteiger partial charge in [-0.15, -0.1) is 0 Å². The Morgan fingerprint density at radius 1 is 1.08 bits per heavy atom. The number of carboxylic acids is 1. The minimum absolute atomic E-state index is 0.0305. The maximum atomic E-state index is 12.4. The molecule has 0 spiro atoms. The van der Waals surface area contributed by atoms with Crippen molar-refractivity contribution in [1.29, 1.82) is 0 Å². The molecule has 2 aromatic carbocycles. The molecular weight excluding hydrogens is 344 g/mol. The van der Waals surface area contributed by atoms with Crippen LogP contribution in [0, 0.1) is 5.92 Å². The third-order valence-corrected chi connectivity index (χ3v) is 4.27. The standard InChI is InChI=1S/C18H15ClN2O4/c19-13-3-7-15(8-4-13)21-10-12(9-16(21)22)17(23)20-14-5-1-11(2-6-14)18(24)25/h1-8,12H,9-10H2,(H,20,23)(H,24,25)/p-1/t12-/m1/s1. The molecule has 1 N–H and O–H groups in total. The highest BCUT2D eigenvalue weighted by Crippen LogP contribution is 2.27. The van der Waals surface area contributed by atoms with Crippen molar-refractivity contribution in [2.24, 2.45) is 5.92 Å². The van der Waals surface area contributed by atoms with Gasteiger partial charge in [0.1, 0.15) is 0 Å². The molecule has 1 atom stereocenters. The normalized spacial score (nSPS) is 16.8. The smallest absolute Gasteiger partial charge is 0.229 e. The summed E-state index contributed by atoms with van der Waals surface area (Å²) in [7, 11) is 0. The molecule has 0 unspecified atom stereocenters. The summed E-state index contributed by atoms with van der Waals surface area (Å²) in [5.74, 6) is -2.18. The molecule has 7 heteroatoms. The van der Waals surface area contributed by atoms with Crippen LogP contribution in [0.15, 0.2) is 48.5 Å². The molecule has 3 rings (SSSR count). The van der Waals surface area contributed by atoms with Crippen LogP contribution in [-0.4, -0.2) is 24.3 Å². The fourth-order valence-corrected chi connectivity index (χ4v) is 2.81. The van der Waals surface area contributed by atoms with Gasteiger partial charge >= 0.3 is 0 Å². The van der Waals surface area contributed by atoms with E-state index in [1.807, 2.05) is 0 Å². The Bertz CT molecular complexity index is 818. The highest BCUT2D eigenvalue weighted by molar-refractivity contribution is 6.30. The fourth-order valence-electron chi connectivity index (χ4n) is 2.69. The molecule has 0 saturated carbocycles. The minimum Gasteiger partial charge on any atom is -0.545 e. The molecule has 0 bridgehead atoms. The molecule has 6 nitrogen and oxygen atoms in total. The maximum Gasteiger partial charge on any atom is 0.229 e. The zero-order valence-corrected chi connectivity index (χ0v) is 13.8. The number of aromatic carboxylic acids is 1. The lowest BCUT2D eigenvalue weighted by Gasteiger charge is -2.17. The lowest BCUT2D eigenvalue weighted by molar-refractivity contribution is -0.255. The molecule has 1 heterocycles. The maximum absolute atomic E-state index is 12.4. The van der Waals surface area contributed by atoms with Crippen LogP contribution in [0.25, 0.3) is 0 Å². The Morgan fingerprint density at radius 3 is 2.32 bits per heavy atom. The zero-order valence-electron chi connectivity index (χ0n) is 13.1. The summed E-state index contributed by atoms with van der Waals surface area (Å²) in [5, 5.41) is 14.0. The Hall–Kier alpha value is -2.86. The first-order chi connectivity index (χ1) is 11.9. The number of rotatable bonds is 4. The minimum atomic E-state index is -1.28. The van der Waals surface area contributed by atoms with E-state index in [-0.39, 0.29) is 30.3 Å². The Balaban J connectivity index is 1.66. The second-order valence-corrected chi connectivity index (χ2v) is 6.17. The van der Waals surface area contributed by atoms with Crippen LogP contribution in [0.4, 0.5) is 11.4 Å². The number of carboxylic acid groups (broad SMARTS) is 1. The quantitative estimate of drug-likeness (QED) is 0.901. The van der Waals surface area contributed by atoms with Crippen LogP contribution < -0.4 is 15.3 Å². The largest absolute Gasteiger partial charge is 0.545 e. The van der Waals surface area contributed by atoms with E-state index in [0.29, 0.717) is 16.4 Å². The fraction of sp³-hybridized carbons (Fsp3) is 0.167. The third-order valence-electron chi connectivity index (χ3n) is 4.02. The van der Waals surface area contributed by atoms with Crippen molar-refractivity contribution in [3.8, 4) is 0 Å². The van der Waals surface area contributed by atoms with Crippen molar-refractivity contribution in [2.75, 3.05) is 16.8 Å². The number of carbonyl (C=O) groups is 3. The highest BCUT2D eigenvalue weighted by atomic mass is 35.5. The topological polar surface area (TPSA) is 89.5 Å². The molecule has 1 aliphatic rings. The average Bonchev–Trinajstić information content (AvgIpc) is 2.98. The molecule has 2 amide bonds. The van der Waals surface area contributed by atoms with Crippen molar-refractivity contribution in [1.82, 2.24) is 0 Å². The van der Waals surface area contributed by atoms with Gasteiger partial charge in [0.15, 0.2) is 0 Å². The predicted octanol–water partition coefficient (Wildman–Crippen LogP) is 1.70. The number of halogens is 1. The number of benzene rings is 2. The van der Waals surface area contributed by atoms with E-state index < -0.39 is 11.9 Å². The summed E-state index contributed by atoms with van der Waals surface area (Å²) in [6.07, 6.45) is 0.117. The second-order valence-electron chi connectivity index (χ2n) is 5.74. The zero-order chi connectivity index (χ0) is 18.0. The summed E-state index contributed by atoms with van der Waals surface area (Å²) in [4.78, 5) is 36.8. The van der Waals surface area contributed by atoms with Gasteiger partial charge in [-0.1, -0.05) is 23.7 Å². The van der Waals surface area contributed by atoms with E-state index in [9.17, 15) is 19.5 Å². The van der Waals surface area contributed by atoms with E-state index in [4.69, 9.17) is 11.6 Å². The van der Waals surface area contributed by atoms with Gasteiger partial charge in [-0.2, -0.15) is 0 Å². The molecule has 1 aliphatic heterocycles. The van der Waals surface area contributed by atoms with E-state index in [0.717, 1.165) is 0 Å². The first-order valence-electron chi connectivity index (χ1n) is 7.62. The number of hydrogen-bond acceptors (Lipinski definition) is 4. The molecule has 0 aromatic heterocycles. The number of hydrogen-bond donors (Lipinski definition) is 1. The molecule has 1 fully saturated rings. The molecule has 1 saturated heterocycles. The lowest BCUT2D eigenvalue weighted by atomic mass is 10.1. The predicted molar refractivity (Wildman–Crippen MR) is 91.3 cm³/mol. The van der Waals surface area contributed by atoms with Gasteiger partial charge in [-0.05, 0) is 42.0 Å². The van der Waals surface area contributed by atoms with Gasteiger partial charge in [-0.3, -0.25) is 9.59 Å². The van der Waals surface area contributed by atoms with Gasteiger partial charge < -0.3 is 20.1 Å². The van der Waals surface area contributed by atoms with Crippen molar-refractivity contribution >= 4 is 40.8 Å². The first kappa shape index (κ1) is 17.0. The van der Waals surface area contributed by atoms with Crippen molar-refractivity contribution < 1.29 is 19.5 Å². The number of anilines is 2. The average molecular weight is 358 g/mol. The van der Waals surface area contributed by atoms with Crippen LogP contribution in [0.5, 0.6) is 0 Å². The highest BCUT2D eigenvalue weighted by Gasteiger charge is 2.35. The summed E-state index contributed by atoms with van der Waals surface area (Å²) >= 11 is 5.85. The van der Waals surface area contributed by atoms with Gasteiger partial charge in [0.05, 0.1) is 11.9 Å². The molecular formula is C18H14ClN2O4-. The molecule has 0 aliphatic carbocycles. The number of nitrogens with one attached hydrogen (secondary N) is 1. The van der Waals surface area contributed by atoms with Crippen LogP contribution in [-0.2, 0) is 9.59 Å². The van der Waals surface area contributed by atoms with Crippen LogP contribution in [0.3, 0.4) is 0 Å². The van der Waals surface area contributed by atoms with Crippen LogP contribution >= 0.6 is 11.6 Å². The summed E-state index contributed by atoms with van der Waals surface area (Å²) in [6.45, 7) is 0.281. The van der Waals surface area contributed by atoms with E-state index in [1.165, 1.54) is 24.3 Å². The molecule has 0 radical (unpaired) electrons. The summed E-state index contributed by atoms with van der Waals surface area (Å²) < 4.78 is 0. The van der Waals surface area contributed by atoms with Gasteiger partial charge in [-0.25, -0.2) is 0 Å². The first-order valence-corrected chi connectivity index (χ1v) is 8.00. The number of carbonyl (C=O) groups excluding carboxylic acids is 3. The Morgan fingerprint density at radius 2 is 1.72 bits per heavy atom. The van der Waals surface area contributed by atoms with E-state index in [2.05, 4.69) is 5.32 Å². The monoisotopic (exact) mass is 357 g/mol. The molecule has 128 valence electrons. The SMILES string of the molecule is O=C([O-])c1ccc(NC(=O)[C@@H]2CC(=O)N(c3ccc(Cl)cc3)C2)cc1. The summed E-state index contributed by atoms with van der Waals surface area (Å²) in [5.41, 5.74) is 1.19. The van der Waals surface area contributed by atoms with Crippen molar-refractivity contribution in [3.05, 3.63) is 59.1 Å². The molecule has 2 aromatic rings. The molecule has 25 heavy (non-hydrogen) atoms. The Kier molecular flexibility index (Phi) is 4.72. The number of amides is 2. The number of nitrogens with zero attached hydrogens (tertiary/aromatic N) is 1. The van der Waals surface area contributed by atoms with Crippen molar-refractivity contribution in [3.63, 3.8) is 0 Å².